The van der Waals surface area contributed by atoms with Crippen LogP contribution in [0, 0.1) is 0 Å². The average molecular weight is 517 g/mol. The Morgan fingerprint density at radius 2 is 1.48 bits per heavy atom. The number of sulfone groups is 1. The molecule has 0 aliphatic heterocycles. The van der Waals surface area contributed by atoms with Gasteiger partial charge in [0, 0.05) is 11.4 Å². The van der Waals surface area contributed by atoms with Crippen molar-refractivity contribution in [2.24, 2.45) is 0 Å². The third-order valence-corrected chi connectivity index (χ3v) is 7.00. The summed E-state index contributed by atoms with van der Waals surface area (Å²) in [4.78, 5) is 12.2. The van der Waals surface area contributed by atoms with Crippen LogP contribution in [0.1, 0.15) is 11.1 Å². The summed E-state index contributed by atoms with van der Waals surface area (Å²) < 4.78 is 63.9. The van der Waals surface area contributed by atoms with Crippen molar-refractivity contribution in [1.29, 1.82) is 0 Å². The van der Waals surface area contributed by atoms with E-state index in [1.807, 2.05) is 0 Å². The zero-order valence-electron chi connectivity index (χ0n) is 16.8. The van der Waals surface area contributed by atoms with Gasteiger partial charge in [-0.1, -0.05) is 41.4 Å². The van der Waals surface area contributed by atoms with E-state index in [2.05, 4.69) is 10.6 Å². The largest absolute Gasteiger partial charge is 0.416 e. The zero-order valence-corrected chi connectivity index (χ0v) is 19.1. The SMILES string of the molecule is O=C(Nc1cccc(C(F)(F)F)c1)Nc1cccc(S(=O)(=O)CCc2ccc(Cl)c(Cl)c2)c1. The molecule has 2 N–H and O–H groups in total. The molecule has 0 radical (unpaired) electrons. The summed E-state index contributed by atoms with van der Waals surface area (Å²) in [5, 5.41) is 5.41. The minimum Gasteiger partial charge on any atom is -0.308 e. The van der Waals surface area contributed by atoms with Crippen LogP contribution in [0.25, 0.3) is 0 Å². The van der Waals surface area contributed by atoms with Gasteiger partial charge in [0.2, 0.25) is 0 Å². The molecule has 0 saturated heterocycles. The molecule has 0 atom stereocenters. The van der Waals surface area contributed by atoms with Crippen LogP contribution >= 0.6 is 23.2 Å². The first-order valence-electron chi connectivity index (χ1n) is 9.46. The van der Waals surface area contributed by atoms with E-state index < -0.39 is 27.6 Å². The van der Waals surface area contributed by atoms with Gasteiger partial charge < -0.3 is 10.6 Å². The van der Waals surface area contributed by atoms with Crippen molar-refractivity contribution in [2.75, 3.05) is 16.4 Å². The summed E-state index contributed by atoms with van der Waals surface area (Å²) in [5.74, 6) is -0.204. The van der Waals surface area contributed by atoms with Gasteiger partial charge in [-0.2, -0.15) is 13.2 Å². The van der Waals surface area contributed by atoms with E-state index in [0.29, 0.717) is 15.6 Å². The maximum absolute atomic E-state index is 12.8. The lowest BCUT2D eigenvalue weighted by atomic mass is 10.2. The normalized spacial score (nSPS) is 11.8. The number of hydrogen-bond acceptors (Lipinski definition) is 3. The van der Waals surface area contributed by atoms with Gasteiger partial charge in [0.05, 0.1) is 26.3 Å². The molecule has 0 fully saturated rings. The first-order chi connectivity index (χ1) is 15.4. The highest BCUT2D eigenvalue weighted by atomic mass is 35.5. The summed E-state index contributed by atoms with van der Waals surface area (Å²) in [6, 6.07) is 13.8. The van der Waals surface area contributed by atoms with Crippen molar-refractivity contribution in [1.82, 2.24) is 0 Å². The Morgan fingerprint density at radius 3 is 2.12 bits per heavy atom. The van der Waals surface area contributed by atoms with Crippen molar-refractivity contribution >= 4 is 50.4 Å². The monoisotopic (exact) mass is 516 g/mol. The molecule has 0 unspecified atom stereocenters. The van der Waals surface area contributed by atoms with Gasteiger partial charge >= 0.3 is 12.2 Å². The molecule has 174 valence electrons. The van der Waals surface area contributed by atoms with Crippen LogP contribution in [0.5, 0.6) is 0 Å². The van der Waals surface area contributed by atoms with Crippen LogP contribution in [0.2, 0.25) is 10.0 Å². The summed E-state index contributed by atoms with van der Waals surface area (Å²) in [7, 11) is -3.69. The molecule has 5 nitrogen and oxygen atoms in total. The predicted octanol–water partition coefficient (Wildman–Crippen LogP) is 6.67. The molecule has 0 bridgehead atoms. The number of hydrogen-bond donors (Lipinski definition) is 2. The van der Waals surface area contributed by atoms with E-state index in [4.69, 9.17) is 23.2 Å². The van der Waals surface area contributed by atoms with Crippen LogP contribution in [0.4, 0.5) is 29.3 Å². The Bertz CT molecular complexity index is 1280. The van der Waals surface area contributed by atoms with E-state index in [1.54, 1.807) is 18.2 Å². The van der Waals surface area contributed by atoms with Crippen LogP contribution in [-0.2, 0) is 22.4 Å². The summed E-state index contributed by atoms with van der Waals surface area (Å²) in [6.07, 6.45) is -4.35. The topological polar surface area (TPSA) is 75.3 Å². The molecular formula is C22H17Cl2F3N2O3S. The molecule has 3 aromatic carbocycles. The number of rotatable bonds is 6. The Morgan fingerprint density at radius 1 is 0.848 bits per heavy atom. The molecule has 0 aliphatic carbocycles. The maximum Gasteiger partial charge on any atom is 0.416 e. The molecule has 0 aliphatic rings. The van der Waals surface area contributed by atoms with Gasteiger partial charge in [-0.3, -0.25) is 0 Å². The smallest absolute Gasteiger partial charge is 0.308 e. The molecule has 0 heterocycles. The second kappa shape index (κ2) is 10.0. The Labute approximate surface area is 198 Å². The van der Waals surface area contributed by atoms with Crippen molar-refractivity contribution in [3.8, 4) is 0 Å². The molecule has 3 aromatic rings. The Hall–Kier alpha value is -2.75. The fourth-order valence-corrected chi connectivity index (χ4v) is 4.55. The number of amides is 2. The molecule has 2 amide bonds. The lowest BCUT2D eigenvalue weighted by Gasteiger charge is -2.12. The van der Waals surface area contributed by atoms with Crippen molar-refractivity contribution in [2.45, 2.75) is 17.5 Å². The first-order valence-corrected chi connectivity index (χ1v) is 11.9. The molecule has 33 heavy (non-hydrogen) atoms. The van der Waals surface area contributed by atoms with E-state index in [-0.39, 0.29) is 28.4 Å². The molecule has 3 rings (SSSR count). The number of benzene rings is 3. The Kier molecular flexibility index (Phi) is 7.56. The fourth-order valence-electron chi connectivity index (χ4n) is 2.90. The highest BCUT2D eigenvalue weighted by molar-refractivity contribution is 7.91. The number of halogens is 5. The third-order valence-electron chi connectivity index (χ3n) is 4.54. The number of carbonyl (C=O) groups is 1. The minimum absolute atomic E-state index is 0.0144. The summed E-state index contributed by atoms with van der Waals surface area (Å²) in [6.45, 7) is 0. The second-order valence-electron chi connectivity index (χ2n) is 7.00. The van der Waals surface area contributed by atoms with E-state index >= 15 is 0 Å². The third kappa shape index (κ3) is 6.86. The quantitative estimate of drug-likeness (QED) is 0.384. The van der Waals surface area contributed by atoms with Gasteiger partial charge in [0.1, 0.15) is 0 Å². The maximum atomic E-state index is 12.8. The van der Waals surface area contributed by atoms with E-state index in [9.17, 15) is 26.4 Å². The van der Waals surface area contributed by atoms with E-state index in [1.165, 1.54) is 36.4 Å². The Balaban J connectivity index is 1.67. The van der Waals surface area contributed by atoms with Crippen molar-refractivity contribution < 1.29 is 26.4 Å². The second-order valence-corrected chi connectivity index (χ2v) is 9.93. The van der Waals surface area contributed by atoms with Gasteiger partial charge in [0.25, 0.3) is 0 Å². The van der Waals surface area contributed by atoms with Gasteiger partial charge in [-0.25, -0.2) is 13.2 Å². The molecular weight excluding hydrogens is 500 g/mol. The van der Waals surface area contributed by atoms with E-state index in [0.717, 1.165) is 12.1 Å². The number of aryl methyl sites for hydroxylation is 1. The molecule has 0 aromatic heterocycles. The van der Waals surface area contributed by atoms with Crippen molar-refractivity contribution in [3.63, 3.8) is 0 Å². The summed E-state index contributed by atoms with van der Waals surface area (Å²) >= 11 is 11.8. The number of alkyl halides is 3. The van der Waals surface area contributed by atoms with Gasteiger partial charge in [-0.05, 0) is 60.5 Å². The summed E-state index contributed by atoms with van der Waals surface area (Å²) in [5.41, 5.74) is -0.110. The van der Waals surface area contributed by atoms with Crippen molar-refractivity contribution in [3.05, 3.63) is 87.9 Å². The zero-order chi connectivity index (χ0) is 24.2. The van der Waals surface area contributed by atoms with Crippen LogP contribution in [-0.4, -0.2) is 20.2 Å². The van der Waals surface area contributed by atoms with Crippen LogP contribution in [0.15, 0.2) is 71.6 Å². The highest BCUT2D eigenvalue weighted by Gasteiger charge is 2.30. The predicted molar refractivity (Wildman–Crippen MR) is 123 cm³/mol. The van der Waals surface area contributed by atoms with Gasteiger partial charge in [-0.15, -0.1) is 0 Å². The van der Waals surface area contributed by atoms with Crippen LogP contribution < -0.4 is 10.6 Å². The lowest BCUT2D eigenvalue weighted by molar-refractivity contribution is -0.137. The van der Waals surface area contributed by atoms with Crippen LogP contribution in [0.3, 0.4) is 0 Å². The highest BCUT2D eigenvalue weighted by Crippen LogP contribution is 2.30. The molecule has 0 saturated carbocycles. The number of nitrogens with one attached hydrogen (secondary N) is 2. The lowest BCUT2D eigenvalue weighted by Crippen LogP contribution is -2.20. The van der Waals surface area contributed by atoms with Gasteiger partial charge in [0.15, 0.2) is 9.84 Å². The molecule has 0 spiro atoms. The molecule has 11 heteroatoms. The number of anilines is 2. The average Bonchev–Trinajstić information content (AvgIpc) is 2.74. The minimum atomic E-state index is -4.55. The number of urea groups is 1. The fraction of sp³-hybridized carbons (Fsp3) is 0.136. The first kappa shape index (κ1) is 24.9. The standard InChI is InChI=1S/C22H17Cl2F3N2O3S/c23-19-8-7-14(11-20(19)24)9-10-33(31,32)18-6-2-5-17(13-18)29-21(30)28-16-4-1-3-15(12-16)22(25,26)27/h1-8,11-13H,9-10H2,(H2,28,29,30). The number of carbonyl (C=O) groups excluding carboxylic acids is 1.